The average molecular weight is 249 g/mol. The molecule has 2 atom stereocenters. The van der Waals surface area contributed by atoms with Crippen LogP contribution in [0.4, 0.5) is 0 Å². The Balaban J connectivity index is 1.80. The van der Waals surface area contributed by atoms with Crippen LogP contribution in [0.15, 0.2) is 12.2 Å². The third kappa shape index (κ3) is 1.50. The maximum Gasteiger partial charge on any atom is 0.311 e. The zero-order valence-corrected chi connectivity index (χ0v) is 9.96. The molecule has 1 saturated heterocycles. The summed E-state index contributed by atoms with van der Waals surface area (Å²) >= 11 is 0. The Morgan fingerprint density at radius 1 is 1.22 bits per heavy atom. The maximum atomic E-state index is 12.2. The summed E-state index contributed by atoms with van der Waals surface area (Å²) < 4.78 is 0. The zero-order valence-electron chi connectivity index (χ0n) is 9.96. The molecule has 5 nitrogen and oxygen atoms in total. The lowest BCUT2D eigenvalue weighted by atomic mass is 9.85. The molecule has 2 aliphatic carbocycles. The van der Waals surface area contributed by atoms with E-state index < -0.39 is 11.4 Å². The molecule has 0 bridgehead atoms. The number of aliphatic carboxylic acids is 1. The summed E-state index contributed by atoms with van der Waals surface area (Å²) in [5, 5.41) is 9.13. The van der Waals surface area contributed by atoms with Crippen LogP contribution >= 0.6 is 0 Å². The van der Waals surface area contributed by atoms with Gasteiger partial charge in [0.2, 0.25) is 11.8 Å². The van der Waals surface area contributed by atoms with Crippen LogP contribution in [0.5, 0.6) is 0 Å². The second-order valence-electron chi connectivity index (χ2n) is 5.50. The molecule has 3 rings (SSSR count). The van der Waals surface area contributed by atoms with Gasteiger partial charge < -0.3 is 5.11 Å². The fourth-order valence-electron chi connectivity index (χ4n) is 2.92. The summed E-state index contributed by atoms with van der Waals surface area (Å²) in [5.74, 6) is -1.76. The highest BCUT2D eigenvalue weighted by atomic mass is 16.4. The molecule has 0 aromatic rings. The average Bonchev–Trinajstić information content (AvgIpc) is 3.11. The number of carbonyl (C=O) groups is 3. The van der Waals surface area contributed by atoms with Crippen LogP contribution in [-0.2, 0) is 14.4 Å². The minimum absolute atomic E-state index is 0.0625. The molecular weight excluding hydrogens is 234 g/mol. The standard InChI is InChI=1S/C13H15NO4/c15-10-8-3-1-2-4-9(8)11(16)14(10)7-13(5-6-13)12(17)18/h1-2,8-9H,3-7H2,(H,17,18). The minimum atomic E-state index is -0.893. The summed E-state index contributed by atoms with van der Waals surface area (Å²) in [6.45, 7) is 0.0625. The number of hydrogen-bond donors (Lipinski definition) is 1. The first-order chi connectivity index (χ1) is 8.55. The van der Waals surface area contributed by atoms with E-state index in [1.54, 1.807) is 0 Å². The largest absolute Gasteiger partial charge is 0.481 e. The van der Waals surface area contributed by atoms with Gasteiger partial charge >= 0.3 is 5.97 Å². The predicted molar refractivity (Wildman–Crippen MR) is 61.4 cm³/mol. The molecule has 5 heteroatoms. The fourth-order valence-corrected chi connectivity index (χ4v) is 2.92. The van der Waals surface area contributed by atoms with Gasteiger partial charge in [-0.25, -0.2) is 0 Å². The molecule has 2 amide bonds. The lowest BCUT2D eigenvalue weighted by Crippen LogP contribution is -2.39. The quantitative estimate of drug-likeness (QED) is 0.593. The number of carboxylic acids is 1. The SMILES string of the molecule is O=C1C2CC=CCC2C(=O)N1CC1(C(=O)O)CC1. The second kappa shape index (κ2) is 3.67. The fraction of sp³-hybridized carbons (Fsp3) is 0.615. The Labute approximate surface area is 104 Å². The lowest BCUT2D eigenvalue weighted by molar-refractivity contribution is -0.147. The van der Waals surface area contributed by atoms with Crippen molar-refractivity contribution in [3.8, 4) is 0 Å². The Hall–Kier alpha value is -1.65. The highest BCUT2D eigenvalue weighted by molar-refractivity contribution is 6.05. The van der Waals surface area contributed by atoms with Gasteiger partial charge in [-0.05, 0) is 25.7 Å². The first-order valence-corrected chi connectivity index (χ1v) is 6.29. The van der Waals surface area contributed by atoms with E-state index in [4.69, 9.17) is 5.11 Å². The number of carbonyl (C=O) groups excluding carboxylic acids is 2. The van der Waals surface area contributed by atoms with Crippen LogP contribution in [0.1, 0.15) is 25.7 Å². The van der Waals surface area contributed by atoms with Gasteiger partial charge in [-0.1, -0.05) is 12.2 Å². The van der Waals surface area contributed by atoms with E-state index in [1.807, 2.05) is 12.2 Å². The lowest BCUT2D eigenvalue weighted by Gasteiger charge is -2.19. The van der Waals surface area contributed by atoms with E-state index in [2.05, 4.69) is 0 Å². The van der Waals surface area contributed by atoms with Crippen molar-refractivity contribution in [1.29, 1.82) is 0 Å². The van der Waals surface area contributed by atoms with Crippen LogP contribution < -0.4 is 0 Å². The Kier molecular flexibility index (Phi) is 2.33. The van der Waals surface area contributed by atoms with Crippen LogP contribution in [-0.4, -0.2) is 34.3 Å². The van der Waals surface area contributed by atoms with Crippen LogP contribution in [0, 0.1) is 17.3 Å². The maximum absolute atomic E-state index is 12.2. The van der Waals surface area contributed by atoms with Crippen molar-refractivity contribution < 1.29 is 19.5 Å². The van der Waals surface area contributed by atoms with Gasteiger partial charge in [-0.2, -0.15) is 0 Å². The number of rotatable bonds is 3. The Morgan fingerprint density at radius 2 is 1.72 bits per heavy atom. The number of hydrogen-bond acceptors (Lipinski definition) is 3. The smallest absolute Gasteiger partial charge is 0.311 e. The second-order valence-corrected chi connectivity index (χ2v) is 5.50. The van der Waals surface area contributed by atoms with Gasteiger partial charge in [0.15, 0.2) is 0 Å². The molecule has 0 spiro atoms. The van der Waals surface area contributed by atoms with E-state index in [1.165, 1.54) is 4.90 Å². The third-order valence-electron chi connectivity index (χ3n) is 4.37. The van der Waals surface area contributed by atoms with Gasteiger partial charge in [0.05, 0.1) is 17.3 Å². The van der Waals surface area contributed by atoms with Gasteiger partial charge in [-0.3, -0.25) is 19.3 Å². The van der Waals surface area contributed by atoms with Crippen molar-refractivity contribution in [3.05, 3.63) is 12.2 Å². The number of allylic oxidation sites excluding steroid dienone is 2. The highest BCUT2D eigenvalue weighted by Crippen LogP contribution is 2.48. The van der Waals surface area contributed by atoms with Crippen LogP contribution in [0.2, 0.25) is 0 Å². The molecule has 2 fully saturated rings. The van der Waals surface area contributed by atoms with E-state index in [9.17, 15) is 14.4 Å². The van der Waals surface area contributed by atoms with E-state index in [-0.39, 0.29) is 30.2 Å². The summed E-state index contributed by atoms with van der Waals surface area (Å²) in [6, 6.07) is 0. The summed E-state index contributed by atoms with van der Waals surface area (Å²) in [6.07, 6.45) is 6.19. The summed E-state index contributed by atoms with van der Waals surface area (Å²) in [5.41, 5.74) is -0.855. The monoisotopic (exact) mass is 249 g/mol. The Bertz CT molecular complexity index is 438. The van der Waals surface area contributed by atoms with E-state index >= 15 is 0 Å². The van der Waals surface area contributed by atoms with Crippen LogP contribution in [0.25, 0.3) is 0 Å². The number of likely N-dealkylation sites (tertiary alicyclic amines) is 1. The number of fused-ring (bicyclic) bond motifs is 1. The molecule has 3 aliphatic rings. The molecule has 1 aliphatic heterocycles. The van der Waals surface area contributed by atoms with Crippen molar-refractivity contribution in [2.45, 2.75) is 25.7 Å². The number of carboxylic acid groups (broad SMARTS) is 1. The molecule has 96 valence electrons. The van der Waals surface area contributed by atoms with Gasteiger partial charge in [-0.15, -0.1) is 0 Å². The molecule has 1 heterocycles. The molecule has 0 aromatic carbocycles. The first-order valence-electron chi connectivity index (χ1n) is 6.29. The van der Waals surface area contributed by atoms with E-state index in [0.717, 1.165) is 0 Å². The normalized spacial score (nSPS) is 32.6. The molecule has 2 unspecified atom stereocenters. The predicted octanol–water partition coefficient (Wildman–Crippen LogP) is 0.802. The third-order valence-corrected chi connectivity index (χ3v) is 4.37. The van der Waals surface area contributed by atoms with Gasteiger partial charge in [0, 0.05) is 6.54 Å². The number of amides is 2. The molecule has 18 heavy (non-hydrogen) atoms. The summed E-state index contributed by atoms with van der Waals surface area (Å²) in [4.78, 5) is 36.6. The highest BCUT2D eigenvalue weighted by Gasteiger charge is 2.56. The van der Waals surface area contributed by atoms with Gasteiger partial charge in [0.25, 0.3) is 0 Å². The zero-order chi connectivity index (χ0) is 12.9. The van der Waals surface area contributed by atoms with Crippen molar-refractivity contribution in [1.82, 2.24) is 4.90 Å². The number of nitrogens with zero attached hydrogens (tertiary/aromatic N) is 1. The molecule has 1 N–H and O–H groups in total. The topological polar surface area (TPSA) is 74.7 Å². The number of imide groups is 1. The minimum Gasteiger partial charge on any atom is -0.481 e. The molecule has 0 radical (unpaired) electrons. The summed E-state index contributed by atoms with van der Waals surface area (Å²) in [7, 11) is 0. The molecule has 1 saturated carbocycles. The van der Waals surface area contributed by atoms with E-state index in [0.29, 0.717) is 25.7 Å². The van der Waals surface area contributed by atoms with Crippen molar-refractivity contribution in [2.75, 3.05) is 6.54 Å². The first kappa shape index (κ1) is 11.4. The van der Waals surface area contributed by atoms with Crippen molar-refractivity contribution in [2.24, 2.45) is 17.3 Å². The van der Waals surface area contributed by atoms with Crippen LogP contribution in [0.3, 0.4) is 0 Å². The molecule has 0 aromatic heterocycles. The Morgan fingerprint density at radius 3 is 2.11 bits per heavy atom. The van der Waals surface area contributed by atoms with Gasteiger partial charge in [0.1, 0.15) is 0 Å². The van der Waals surface area contributed by atoms with Crippen molar-refractivity contribution >= 4 is 17.8 Å². The molecular formula is C13H15NO4. The van der Waals surface area contributed by atoms with Crippen molar-refractivity contribution in [3.63, 3.8) is 0 Å².